The Kier molecular flexibility index (Phi) is 4.27. The normalized spacial score (nSPS) is 26.2. The van der Waals surface area contributed by atoms with E-state index in [9.17, 15) is 4.79 Å². The molecule has 1 amide bonds. The van der Waals surface area contributed by atoms with E-state index in [4.69, 9.17) is 11.6 Å². The average Bonchev–Trinajstić information content (AvgIpc) is 2.95. The van der Waals surface area contributed by atoms with E-state index in [0.717, 1.165) is 30.5 Å². The first kappa shape index (κ1) is 13.9. The van der Waals surface area contributed by atoms with Crippen molar-refractivity contribution in [2.75, 3.05) is 13.1 Å². The fourth-order valence-electron chi connectivity index (χ4n) is 3.37. The Hall–Kier alpha value is -1.06. The third kappa shape index (κ3) is 2.99. The molecule has 2 heterocycles. The summed E-state index contributed by atoms with van der Waals surface area (Å²) in [6, 6.07) is 8.57. The monoisotopic (exact) mass is 292 g/mol. The van der Waals surface area contributed by atoms with Crippen LogP contribution < -0.4 is 5.32 Å². The second kappa shape index (κ2) is 6.15. The molecule has 1 aromatic carbocycles. The maximum absolute atomic E-state index is 12.2. The third-order valence-electron chi connectivity index (χ3n) is 4.53. The fraction of sp³-hybridized carbons (Fsp3) is 0.562. The molecule has 3 nitrogen and oxygen atoms in total. The van der Waals surface area contributed by atoms with Gasteiger partial charge in [0.1, 0.15) is 0 Å². The number of rotatable bonds is 3. The molecule has 4 heteroatoms. The zero-order valence-electron chi connectivity index (χ0n) is 11.6. The van der Waals surface area contributed by atoms with Gasteiger partial charge in [-0.2, -0.15) is 0 Å². The molecular formula is C16H21ClN2O. The molecule has 0 aromatic heterocycles. The lowest BCUT2D eigenvalue weighted by Crippen LogP contribution is -2.47. The predicted octanol–water partition coefficient (Wildman–Crippen LogP) is 2.78. The van der Waals surface area contributed by atoms with Crippen LogP contribution in [0.5, 0.6) is 0 Å². The van der Waals surface area contributed by atoms with E-state index in [1.807, 2.05) is 24.3 Å². The van der Waals surface area contributed by atoms with Gasteiger partial charge >= 0.3 is 0 Å². The van der Waals surface area contributed by atoms with E-state index in [1.165, 1.54) is 19.4 Å². The number of hydrogen-bond donors (Lipinski definition) is 1. The molecule has 2 unspecified atom stereocenters. The topological polar surface area (TPSA) is 32.3 Å². The van der Waals surface area contributed by atoms with Crippen molar-refractivity contribution >= 4 is 17.5 Å². The van der Waals surface area contributed by atoms with Crippen LogP contribution in [0.1, 0.15) is 41.6 Å². The molecule has 0 aliphatic carbocycles. The number of carbonyl (C=O) groups is 1. The standard InChI is InChI=1S/C16H21ClN2O/c17-11-12-3-5-13(6-4-12)16(20)18-14-7-9-19-8-1-2-15(19)10-14/h3-6,14-15H,1-2,7-11H2,(H,18,20). The lowest BCUT2D eigenvalue weighted by molar-refractivity contribution is 0.0896. The van der Waals surface area contributed by atoms with Gasteiger partial charge in [-0.25, -0.2) is 0 Å². The highest BCUT2D eigenvalue weighted by Gasteiger charge is 2.32. The van der Waals surface area contributed by atoms with Gasteiger partial charge in [0, 0.05) is 30.1 Å². The van der Waals surface area contributed by atoms with Crippen LogP contribution in [-0.2, 0) is 5.88 Å². The molecule has 1 aromatic rings. The molecule has 0 bridgehead atoms. The summed E-state index contributed by atoms with van der Waals surface area (Å²) >= 11 is 5.76. The SMILES string of the molecule is O=C(NC1CCN2CCCC2C1)c1ccc(CCl)cc1. The lowest BCUT2D eigenvalue weighted by Gasteiger charge is -2.35. The van der Waals surface area contributed by atoms with Crippen molar-refractivity contribution in [3.8, 4) is 0 Å². The molecule has 2 saturated heterocycles. The minimum absolute atomic E-state index is 0.0440. The minimum atomic E-state index is 0.0440. The number of halogens is 1. The van der Waals surface area contributed by atoms with Gasteiger partial charge in [0.2, 0.25) is 0 Å². The second-order valence-electron chi connectivity index (χ2n) is 5.86. The number of nitrogens with zero attached hydrogens (tertiary/aromatic N) is 1. The van der Waals surface area contributed by atoms with E-state index in [0.29, 0.717) is 18.0 Å². The molecule has 3 rings (SSSR count). The number of nitrogens with one attached hydrogen (secondary N) is 1. The van der Waals surface area contributed by atoms with Gasteiger partial charge in [-0.1, -0.05) is 12.1 Å². The molecule has 2 aliphatic heterocycles. The Morgan fingerprint density at radius 1 is 1.25 bits per heavy atom. The van der Waals surface area contributed by atoms with Crippen LogP contribution in [0.2, 0.25) is 0 Å². The first-order valence-electron chi connectivity index (χ1n) is 7.46. The average molecular weight is 293 g/mol. The highest BCUT2D eigenvalue weighted by Crippen LogP contribution is 2.26. The van der Waals surface area contributed by atoms with Crippen LogP contribution in [0.3, 0.4) is 0 Å². The van der Waals surface area contributed by atoms with Crippen LogP contribution in [0, 0.1) is 0 Å². The van der Waals surface area contributed by atoms with Gasteiger partial charge in [0.25, 0.3) is 5.91 Å². The number of carbonyl (C=O) groups excluding carboxylic acids is 1. The van der Waals surface area contributed by atoms with Crippen LogP contribution >= 0.6 is 11.6 Å². The third-order valence-corrected chi connectivity index (χ3v) is 4.83. The summed E-state index contributed by atoms with van der Waals surface area (Å²) in [5, 5.41) is 3.19. The van der Waals surface area contributed by atoms with Crippen LogP contribution in [0.4, 0.5) is 0 Å². The number of alkyl halides is 1. The van der Waals surface area contributed by atoms with Crippen molar-refractivity contribution in [3.63, 3.8) is 0 Å². The zero-order valence-corrected chi connectivity index (χ0v) is 12.4. The van der Waals surface area contributed by atoms with Crippen molar-refractivity contribution in [3.05, 3.63) is 35.4 Å². The molecule has 2 fully saturated rings. The summed E-state index contributed by atoms with van der Waals surface area (Å²) in [5.74, 6) is 0.532. The van der Waals surface area contributed by atoms with E-state index in [2.05, 4.69) is 10.2 Å². The van der Waals surface area contributed by atoms with Gasteiger partial charge in [-0.3, -0.25) is 4.79 Å². The van der Waals surface area contributed by atoms with Crippen LogP contribution in [0.25, 0.3) is 0 Å². The Bertz CT molecular complexity index is 474. The Balaban J connectivity index is 1.58. The molecule has 1 N–H and O–H groups in total. The van der Waals surface area contributed by atoms with E-state index < -0.39 is 0 Å². The van der Waals surface area contributed by atoms with Crippen molar-refractivity contribution in [2.45, 2.75) is 43.6 Å². The van der Waals surface area contributed by atoms with Crippen molar-refractivity contribution in [1.29, 1.82) is 0 Å². The van der Waals surface area contributed by atoms with Gasteiger partial charge in [0.05, 0.1) is 0 Å². The van der Waals surface area contributed by atoms with Crippen molar-refractivity contribution in [2.24, 2.45) is 0 Å². The van der Waals surface area contributed by atoms with E-state index in [1.54, 1.807) is 0 Å². The molecule has 20 heavy (non-hydrogen) atoms. The molecule has 0 saturated carbocycles. The molecule has 0 radical (unpaired) electrons. The highest BCUT2D eigenvalue weighted by atomic mass is 35.5. The molecular weight excluding hydrogens is 272 g/mol. The number of hydrogen-bond acceptors (Lipinski definition) is 2. The first-order chi connectivity index (χ1) is 9.76. The quantitative estimate of drug-likeness (QED) is 0.869. The Morgan fingerprint density at radius 3 is 2.80 bits per heavy atom. The smallest absolute Gasteiger partial charge is 0.251 e. The molecule has 2 aliphatic rings. The van der Waals surface area contributed by atoms with E-state index in [-0.39, 0.29) is 5.91 Å². The van der Waals surface area contributed by atoms with Crippen molar-refractivity contribution in [1.82, 2.24) is 10.2 Å². The number of benzene rings is 1. The van der Waals surface area contributed by atoms with Gasteiger partial charge in [0.15, 0.2) is 0 Å². The van der Waals surface area contributed by atoms with E-state index >= 15 is 0 Å². The van der Waals surface area contributed by atoms with Gasteiger partial charge < -0.3 is 10.2 Å². The molecule has 2 atom stereocenters. The molecule has 0 spiro atoms. The largest absolute Gasteiger partial charge is 0.349 e. The zero-order chi connectivity index (χ0) is 13.9. The lowest BCUT2D eigenvalue weighted by atomic mass is 9.97. The molecule has 108 valence electrons. The van der Waals surface area contributed by atoms with Crippen LogP contribution in [0.15, 0.2) is 24.3 Å². The maximum atomic E-state index is 12.2. The predicted molar refractivity (Wildman–Crippen MR) is 81.1 cm³/mol. The van der Waals surface area contributed by atoms with Gasteiger partial charge in [-0.15, -0.1) is 11.6 Å². The van der Waals surface area contributed by atoms with Gasteiger partial charge in [-0.05, 0) is 49.9 Å². The summed E-state index contributed by atoms with van der Waals surface area (Å²) in [4.78, 5) is 14.8. The Labute approximate surface area is 125 Å². The Morgan fingerprint density at radius 2 is 2.05 bits per heavy atom. The number of piperidine rings is 1. The summed E-state index contributed by atoms with van der Waals surface area (Å²) in [5.41, 5.74) is 1.77. The minimum Gasteiger partial charge on any atom is -0.349 e. The second-order valence-corrected chi connectivity index (χ2v) is 6.12. The summed E-state index contributed by atoms with van der Waals surface area (Å²) in [6.07, 6.45) is 4.77. The van der Waals surface area contributed by atoms with Crippen molar-refractivity contribution < 1.29 is 4.79 Å². The summed E-state index contributed by atoms with van der Waals surface area (Å²) in [7, 11) is 0. The number of fused-ring (bicyclic) bond motifs is 1. The fourth-order valence-corrected chi connectivity index (χ4v) is 3.55. The summed E-state index contributed by atoms with van der Waals surface area (Å²) < 4.78 is 0. The summed E-state index contributed by atoms with van der Waals surface area (Å²) in [6.45, 7) is 2.37. The maximum Gasteiger partial charge on any atom is 0.251 e. The number of amides is 1. The highest BCUT2D eigenvalue weighted by molar-refractivity contribution is 6.17. The van der Waals surface area contributed by atoms with Crippen LogP contribution in [-0.4, -0.2) is 36.0 Å². The first-order valence-corrected chi connectivity index (χ1v) is 7.99.